The minimum absolute atomic E-state index is 0.229. The molecule has 148 valence electrons. The van der Waals surface area contributed by atoms with E-state index in [0.717, 1.165) is 28.8 Å². The van der Waals surface area contributed by atoms with Crippen LogP contribution in [-0.2, 0) is 9.59 Å². The van der Waals surface area contributed by atoms with Crippen LogP contribution in [0.1, 0.15) is 12.0 Å². The molecule has 0 saturated heterocycles. The Morgan fingerprint density at radius 3 is 2.80 bits per heavy atom. The molecule has 2 aromatic heterocycles. The molecule has 0 unspecified atom stereocenters. The average Bonchev–Trinajstić information content (AvgIpc) is 3.26. The minimum atomic E-state index is -0.229. The van der Waals surface area contributed by atoms with Crippen LogP contribution in [0.5, 0.6) is 0 Å². The van der Waals surface area contributed by atoms with Crippen LogP contribution in [0.15, 0.2) is 78.3 Å². The first-order valence-electron chi connectivity index (χ1n) is 9.40. The molecule has 0 radical (unpaired) electrons. The molecule has 1 amide bonds. The summed E-state index contributed by atoms with van der Waals surface area (Å²) in [5, 5.41) is 6.09. The molecule has 0 spiro atoms. The number of aldehydes is 1. The lowest BCUT2D eigenvalue weighted by molar-refractivity contribution is -0.112. The molecule has 2 N–H and O–H groups in total. The van der Waals surface area contributed by atoms with Gasteiger partial charge < -0.3 is 10.6 Å². The van der Waals surface area contributed by atoms with E-state index in [1.807, 2.05) is 43.3 Å². The van der Waals surface area contributed by atoms with Gasteiger partial charge in [0.15, 0.2) is 0 Å². The zero-order valence-corrected chi connectivity index (χ0v) is 16.3. The van der Waals surface area contributed by atoms with Gasteiger partial charge >= 0.3 is 0 Å². The minimum Gasteiger partial charge on any atom is -0.324 e. The number of hydrogen-bond donors (Lipinski definition) is 2. The molecule has 2 heterocycles. The third-order valence-corrected chi connectivity index (χ3v) is 4.69. The van der Waals surface area contributed by atoms with E-state index in [9.17, 15) is 9.59 Å². The van der Waals surface area contributed by atoms with Crippen molar-refractivity contribution in [2.75, 3.05) is 10.6 Å². The van der Waals surface area contributed by atoms with Crippen LogP contribution in [0.3, 0.4) is 0 Å². The molecular formula is C23H19N5O2. The number of rotatable bonds is 6. The molecule has 0 atom stereocenters. The van der Waals surface area contributed by atoms with E-state index in [2.05, 4.69) is 25.6 Å². The fourth-order valence-electron chi connectivity index (χ4n) is 3.04. The van der Waals surface area contributed by atoms with Gasteiger partial charge in [0.25, 0.3) is 5.91 Å². The van der Waals surface area contributed by atoms with Crippen molar-refractivity contribution in [2.24, 2.45) is 0 Å². The molecule has 0 bridgehead atoms. The summed E-state index contributed by atoms with van der Waals surface area (Å²) in [7, 11) is 0. The molecule has 4 rings (SSSR count). The molecule has 0 aliphatic heterocycles. The standard InChI is InChI=1S/C23H19N5O2/c1-15-4-7-19(26-22(30)17-6-5-16(11-17)14-29)12-21(15)28-23-25-10-8-20(27-23)18-3-2-9-24-13-18/h2-10,12-14H,11H2,1H3,(H,26,30)(H,25,27,28). The predicted molar refractivity (Wildman–Crippen MR) is 115 cm³/mol. The van der Waals surface area contributed by atoms with Crippen LogP contribution in [0, 0.1) is 6.92 Å². The van der Waals surface area contributed by atoms with Crippen LogP contribution in [0.4, 0.5) is 17.3 Å². The van der Waals surface area contributed by atoms with Crippen molar-refractivity contribution in [3.63, 3.8) is 0 Å². The number of amides is 1. The highest BCUT2D eigenvalue weighted by Gasteiger charge is 2.16. The smallest absolute Gasteiger partial charge is 0.251 e. The Hall–Kier alpha value is -4.13. The summed E-state index contributed by atoms with van der Waals surface area (Å²) in [5.74, 6) is 0.217. The monoisotopic (exact) mass is 397 g/mol. The van der Waals surface area contributed by atoms with Gasteiger partial charge in [-0.2, -0.15) is 0 Å². The molecule has 0 saturated carbocycles. The Morgan fingerprint density at radius 1 is 1.13 bits per heavy atom. The highest BCUT2D eigenvalue weighted by molar-refractivity contribution is 6.06. The predicted octanol–water partition coefficient (Wildman–Crippen LogP) is 3.98. The fraction of sp³-hybridized carbons (Fsp3) is 0.0870. The van der Waals surface area contributed by atoms with E-state index in [-0.39, 0.29) is 5.91 Å². The van der Waals surface area contributed by atoms with Crippen molar-refractivity contribution in [3.05, 3.63) is 83.9 Å². The average molecular weight is 397 g/mol. The van der Waals surface area contributed by atoms with E-state index in [1.54, 1.807) is 30.7 Å². The molecule has 1 aliphatic carbocycles. The number of benzene rings is 1. The van der Waals surface area contributed by atoms with E-state index in [1.165, 1.54) is 0 Å². The van der Waals surface area contributed by atoms with Gasteiger partial charge in [-0.25, -0.2) is 9.97 Å². The summed E-state index contributed by atoms with van der Waals surface area (Å²) in [6.45, 7) is 1.96. The SMILES string of the molecule is Cc1ccc(NC(=O)C2=CC=C(C=O)C2)cc1Nc1nccc(-c2cccnc2)n1. The van der Waals surface area contributed by atoms with E-state index < -0.39 is 0 Å². The molecule has 7 heteroatoms. The Bertz CT molecular complexity index is 1170. The number of carbonyl (C=O) groups is 2. The third kappa shape index (κ3) is 4.30. The molecule has 3 aromatic rings. The number of aryl methyl sites for hydroxylation is 1. The number of hydrogen-bond acceptors (Lipinski definition) is 6. The Kier molecular flexibility index (Phi) is 5.43. The number of aromatic nitrogens is 3. The zero-order chi connectivity index (χ0) is 20.9. The highest BCUT2D eigenvalue weighted by Crippen LogP contribution is 2.25. The summed E-state index contributed by atoms with van der Waals surface area (Å²) in [6.07, 6.45) is 9.59. The first kappa shape index (κ1) is 19.2. The Morgan fingerprint density at radius 2 is 2.03 bits per heavy atom. The largest absolute Gasteiger partial charge is 0.324 e. The van der Waals surface area contributed by atoms with E-state index in [0.29, 0.717) is 29.2 Å². The third-order valence-electron chi connectivity index (χ3n) is 4.69. The van der Waals surface area contributed by atoms with Crippen molar-refractivity contribution in [1.82, 2.24) is 15.0 Å². The van der Waals surface area contributed by atoms with Crippen molar-refractivity contribution < 1.29 is 9.59 Å². The summed E-state index contributed by atoms with van der Waals surface area (Å²) < 4.78 is 0. The number of pyridine rings is 1. The molecule has 7 nitrogen and oxygen atoms in total. The van der Waals surface area contributed by atoms with Gasteiger partial charge in [-0.1, -0.05) is 18.2 Å². The normalized spacial score (nSPS) is 12.7. The summed E-state index contributed by atoms with van der Waals surface area (Å²) in [4.78, 5) is 36.3. The summed E-state index contributed by atoms with van der Waals surface area (Å²) in [5.41, 5.74) is 5.20. The van der Waals surface area contributed by atoms with Crippen LogP contribution in [-0.4, -0.2) is 27.1 Å². The van der Waals surface area contributed by atoms with Gasteiger partial charge in [0.2, 0.25) is 5.95 Å². The first-order chi connectivity index (χ1) is 14.6. The number of allylic oxidation sites excluding steroid dienone is 3. The van der Waals surface area contributed by atoms with Crippen molar-refractivity contribution in [3.8, 4) is 11.3 Å². The highest BCUT2D eigenvalue weighted by atomic mass is 16.1. The van der Waals surface area contributed by atoms with Crippen molar-refractivity contribution in [1.29, 1.82) is 0 Å². The van der Waals surface area contributed by atoms with E-state index >= 15 is 0 Å². The van der Waals surface area contributed by atoms with Gasteiger partial charge in [-0.3, -0.25) is 14.6 Å². The maximum atomic E-state index is 12.5. The first-order valence-corrected chi connectivity index (χ1v) is 9.40. The summed E-state index contributed by atoms with van der Waals surface area (Å²) in [6, 6.07) is 11.2. The number of carbonyl (C=O) groups excluding carboxylic acids is 2. The lowest BCUT2D eigenvalue weighted by Crippen LogP contribution is -2.14. The van der Waals surface area contributed by atoms with Crippen LogP contribution < -0.4 is 10.6 Å². The Balaban J connectivity index is 1.50. The molecule has 1 aliphatic rings. The van der Waals surface area contributed by atoms with E-state index in [4.69, 9.17) is 0 Å². The van der Waals surface area contributed by atoms with Crippen LogP contribution >= 0.6 is 0 Å². The second-order valence-electron chi connectivity index (χ2n) is 6.84. The number of nitrogens with one attached hydrogen (secondary N) is 2. The molecular weight excluding hydrogens is 378 g/mol. The maximum absolute atomic E-state index is 12.5. The molecule has 0 fully saturated rings. The topological polar surface area (TPSA) is 96.9 Å². The number of anilines is 3. The quantitative estimate of drug-likeness (QED) is 0.611. The van der Waals surface area contributed by atoms with Crippen LogP contribution in [0.25, 0.3) is 11.3 Å². The Labute approximate surface area is 173 Å². The van der Waals surface area contributed by atoms with Gasteiger partial charge in [0.05, 0.1) is 5.69 Å². The second kappa shape index (κ2) is 8.48. The van der Waals surface area contributed by atoms with Gasteiger partial charge in [0.1, 0.15) is 6.29 Å². The summed E-state index contributed by atoms with van der Waals surface area (Å²) >= 11 is 0. The maximum Gasteiger partial charge on any atom is 0.251 e. The lowest BCUT2D eigenvalue weighted by Gasteiger charge is -2.12. The van der Waals surface area contributed by atoms with Gasteiger partial charge in [-0.15, -0.1) is 0 Å². The number of nitrogens with zero attached hydrogens (tertiary/aromatic N) is 3. The molecule has 30 heavy (non-hydrogen) atoms. The van der Waals surface area contributed by atoms with Crippen molar-refractivity contribution >= 4 is 29.5 Å². The van der Waals surface area contributed by atoms with Crippen LogP contribution in [0.2, 0.25) is 0 Å². The van der Waals surface area contributed by atoms with Crippen molar-refractivity contribution in [2.45, 2.75) is 13.3 Å². The lowest BCUT2D eigenvalue weighted by atomic mass is 10.1. The van der Waals surface area contributed by atoms with Gasteiger partial charge in [-0.05, 0) is 48.4 Å². The second-order valence-corrected chi connectivity index (χ2v) is 6.84. The zero-order valence-electron chi connectivity index (χ0n) is 16.3. The fourth-order valence-corrected chi connectivity index (χ4v) is 3.04. The molecule has 1 aromatic carbocycles. The van der Waals surface area contributed by atoms with Gasteiger partial charge in [0, 0.05) is 47.5 Å².